The van der Waals surface area contributed by atoms with Crippen LogP contribution in [-0.4, -0.2) is 41.2 Å². The summed E-state index contributed by atoms with van der Waals surface area (Å²) in [6, 6.07) is 3.73. The monoisotopic (exact) mass is 268 g/mol. The predicted molar refractivity (Wildman–Crippen MR) is 72.1 cm³/mol. The third-order valence-corrected chi connectivity index (χ3v) is 2.50. The summed E-state index contributed by atoms with van der Waals surface area (Å²) in [5.41, 5.74) is 0.815. The van der Waals surface area contributed by atoms with E-state index in [4.69, 9.17) is 0 Å². The van der Waals surface area contributed by atoms with Crippen LogP contribution in [0.1, 0.15) is 6.92 Å². The third-order valence-electron chi connectivity index (χ3n) is 2.50. The maximum atomic E-state index is 4.39. The molecule has 0 saturated carbocycles. The summed E-state index contributed by atoms with van der Waals surface area (Å²) in [4.78, 5) is 21.0. The number of rotatable bonds is 4. The maximum absolute atomic E-state index is 4.39. The molecule has 1 N–H and O–H groups in total. The van der Waals surface area contributed by atoms with Gasteiger partial charge in [-0.3, -0.25) is 4.98 Å². The molecule has 0 saturated heterocycles. The normalized spacial score (nSPS) is 10.4. The number of hydrogen-bond acceptors (Lipinski definition) is 7. The molecule has 3 rings (SSSR count). The molecule has 8 nitrogen and oxygen atoms in total. The molecule has 0 aliphatic carbocycles. The summed E-state index contributed by atoms with van der Waals surface area (Å²) < 4.78 is 1.49. The Labute approximate surface area is 115 Å². The quantitative estimate of drug-likeness (QED) is 0.752. The van der Waals surface area contributed by atoms with Crippen LogP contribution in [0.15, 0.2) is 37.2 Å². The fraction of sp³-hybridized carbons (Fsp3) is 0.167. The molecule has 3 aromatic heterocycles. The molecule has 0 bridgehead atoms. The van der Waals surface area contributed by atoms with E-state index in [0.29, 0.717) is 24.3 Å². The first kappa shape index (κ1) is 12.2. The largest absolute Gasteiger partial charge is 0.354 e. The summed E-state index contributed by atoms with van der Waals surface area (Å²) >= 11 is 0. The van der Waals surface area contributed by atoms with Crippen LogP contribution in [0.3, 0.4) is 0 Å². The van der Waals surface area contributed by atoms with Crippen LogP contribution < -0.4 is 5.32 Å². The van der Waals surface area contributed by atoms with Crippen molar-refractivity contribution >= 4 is 5.95 Å². The van der Waals surface area contributed by atoms with Gasteiger partial charge in [-0.1, -0.05) is 0 Å². The number of pyridine rings is 1. The molecule has 0 aliphatic heterocycles. The lowest BCUT2D eigenvalue weighted by atomic mass is 10.3. The summed E-state index contributed by atoms with van der Waals surface area (Å²) in [6.07, 6.45) is 6.38. The van der Waals surface area contributed by atoms with Gasteiger partial charge in [0.15, 0.2) is 5.82 Å². The number of nitrogens with one attached hydrogen (secondary N) is 1. The van der Waals surface area contributed by atoms with E-state index in [2.05, 4.69) is 35.3 Å². The van der Waals surface area contributed by atoms with Gasteiger partial charge in [-0.05, 0) is 19.1 Å². The molecule has 0 aromatic carbocycles. The van der Waals surface area contributed by atoms with Crippen LogP contribution in [0.5, 0.6) is 0 Å². The SMILES string of the molecule is CCNc1nc(-c2cccnc2)nc(-n2cncn2)n1. The summed E-state index contributed by atoms with van der Waals surface area (Å²) in [6.45, 7) is 2.69. The number of aromatic nitrogens is 7. The van der Waals surface area contributed by atoms with Gasteiger partial charge in [-0.25, -0.2) is 4.98 Å². The van der Waals surface area contributed by atoms with Crippen LogP contribution in [0, 0.1) is 0 Å². The molecular formula is C12H12N8. The highest BCUT2D eigenvalue weighted by Gasteiger charge is 2.10. The first-order valence-electron chi connectivity index (χ1n) is 6.12. The average Bonchev–Trinajstić information content (AvgIpc) is 3.02. The van der Waals surface area contributed by atoms with Crippen molar-refractivity contribution in [1.29, 1.82) is 0 Å². The standard InChI is InChI=1S/C12H12N8/c1-2-15-11-17-10(9-4-3-5-13-6-9)18-12(19-11)20-8-14-7-16-20/h3-8H,2H2,1H3,(H,15,17,18,19). The molecule has 20 heavy (non-hydrogen) atoms. The third kappa shape index (κ3) is 2.44. The lowest BCUT2D eigenvalue weighted by Crippen LogP contribution is -2.10. The fourth-order valence-corrected chi connectivity index (χ4v) is 1.64. The Bertz CT molecular complexity index is 680. The molecule has 0 fully saturated rings. The molecular weight excluding hydrogens is 256 g/mol. The van der Waals surface area contributed by atoms with Crippen molar-refractivity contribution in [3.8, 4) is 17.3 Å². The van der Waals surface area contributed by atoms with Gasteiger partial charge in [0, 0.05) is 24.5 Å². The van der Waals surface area contributed by atoms with E-state index in [1.54, 1.807) is 12.4 Å². The van der Waals surface area contributed by atoms with E-state index in [-0.39, 0.29) is 0 Å². The molecule has 100 valence electrons. The molecule has 0 atom stereocenters. The van der Waals surface area contributed by atoms with Gasteiger partial charge in [-0.15, -0.1) is 0 Å². The van der Waals surface area contributed by atoms with E-state index >= 15 is 0 Å². The highest BCUT2D eigenvalue weighted by atomic mass is 15.4. The van der Waals surface area contributed by atoms with Gasteiger partial charge in [0.05, 0.1) is 0 Å². The smallest absolute Gasteiger partial charge is 0.257 e. The number of nitrogens with zero attached hydrogens (tertiary/aromatic N) is 7. The van der Waals surface area contributed by atoms with Gasteiger partial charge < -0.3 is 5.32 Å². The fourth-order valence-electron chi connectivity index (χ4n) is 1.64. The van der Waals surface area contributed by atoms with Gasteiger partial charge in [-0.2, -0.15) is 24.7 Å². The molecule has 0 radical (unpaired) electrons. The lowest BCUT2D eigenvalue weighted by molar-refractivity contribution is 0.796. The molecule has 0 spiro atoms. The first-order valence-corrected chi connectivity index (χ1v) is 6.12. The van der Waals surface area contributed by atoms with Crippen molar-refractivity contribution in [3.05, 3.63) is 37.2 Å². The molecule has 3 heterocycles. The maximum Gasteiger partial charge on any atom is 0.257 e. The van der Waals surface area contributed by atoms with E-state index in [9.17, 15) is 0 Å². The Hall–Kier alpha value is -2.90. The topological polar surface area (TPSA) is 94.3 Å². The van der Waals surface area contributed by atoms with Crippen LogP contribution in [0.4, 0.5) is 5.95 Å². The number of hydrogen-bond donors (Lipinski definition) is 1. The van der Waals surface area contributed by atoms with Gasteiger partial charge in [0.25, 0.3) is 5.95 Å². The Morgan fingerprint density at radius 3 is 2.85 bits per heavy atom. The van der Waals surface area contributed by atoms with Crippen molar-refractivity contribution in [1.82, 2.24) is 34.7 Å². The van der Waals surface area contributed by atoms with Crippen LogP contribution >= 0.6 is 0 Å². The Morgan fingerprint density at radius 1 is 1.20 bits per heavy atom. The van der Waals surface area contributed by atoms with Crippen molar-refractivity contribution in [3.63, 3.8) is 0 Å². The Balaban J connectivity index is 2.10. The highest BCUT2D eigenvalue weighted by Crippen LogP contribution is 2.15. The zero-order chi connectivity index (χ0) is 13.8. The van der Waals surface area contributed by atoms with E-state index in [0.717, 1.165) is 5.56 Å². The lowest BCUT2D eigenvalue weighted by Gasteiger charge is -2.07. The molecule has 8 heteroatoms. The minimum absolute atomic E-state index is 0.410. The van der Waals surface area contributed by atoms with E-state index in [1.807, 2.05) is 19.1 Å². The highest BCUT2D eigenvalue weighted by molar-refractivity contribution is 5.55. The molecule has 0 unspecified atom stereocenters. The Kier molecular flexibility index (Phi) is 3.27. The van der Waals surface area contributed by atoms with Crippen molar-refractivity contribution in [2.45, 2.75) is 6.92 Å². The van der Waals surface area contributed by atoms with Crippen molar-refractivity contribution in [2.24, 2.45) is 0 Å². The van der Waals surface area contributed by atoms with Gasteiger partial charge in [0.1, 0.15) is 12.7 Å². The molecule has 0 amide bonds. The first-order chi connectivity index (χ1) is 9.86. The zero-order valence-electron chi connectivity index (χ0n) is 10.8. The summed E-state index contributed by atoms with van der Waals surface area (Å²) in [5.74, 6) is 1.44. The second-order valence-corrected chi connectivity index (χ2v) is 3.89. The van der Waals surface area contributed by atoms with Crippen LogP contribution in [0.2, 0.25) is 0 Å². The van der Waals surface area contributed by atoms with E-state index in [1.165, 1.54) is 17.3 Å². The average molecular weight is 268 g/mol. The second-order valence-electron chi connectivity index (χ2n) is 3.89. The zero-order valence-corrected chi connectivity index (χ0v) is 10.8. The Morgan fingerprint density at radius 2 is 2.15 bits per heavy atom. The van der Waals surface area contributed by atoms with Crippen LogP contribution in [-0.2, 0) is 0 Å². The van der Waals surface area contributed by atoms with Gasteiger partial charge >= 0.3 is 0 Å². The number of anilines is 1. The second kappa shape index (κ2) is 5.39. The minimum atomic E-state index is 0.410. The van der Waals surface area contributed by atoms with Crippen LogP contribution in [0.25, 0.3) is 17.3 Å². The molecule has 3 aromatic rings. The summed E-state index contributed by atoms with van der Waals surface area (Å²) in [7, 11) is 0. The summed E-state index contributed by atoms with van der Waals surface area (Å²) in [5, 5.41) is 7.11. The minimum Gasteiger partial charge on any atom is -0.354 e. The molecule has 0 aliphatic rings. The van der Waals surface area contributed by atoms with Gasteiger partial charge in [0.2, 0.25) is 5.95 Å². The van der Waals surface area contributed by atoms with Crippen molar-refractivity contribution < 1.29 is 0 Å². The van der Waals surface area contributed by atoms with Crippen molar-refractivity contribution in [2.75, 3.05) is 11.9 Å². The predicted octanol–water partition coefficient (Wildman–Crippen LogP) is 0.946. The van der Waals surface area contributed by atoms with E-state index < -0.39 is 0 Å².